The van der Waals surface area contributed by atoms with Gasteiger partial charge in [0.25, 0.3) is 5.91 Å². The third-order valence-corrected chi connectivity index (χ3v) is 3.78. The molecule has 0 saturated carbocycles. The van der Waals surface area contributed by atoms with Crippen LogP contribution in [0.1, 0.15) is 31.3 Å². The Hall–Kier alpha value is -2.41. The van der Waals surface area contributed by atoms with E-state index < -0.39 is 12.1 Å². The highest BCUT2D eigenvalue weighted by Crippen LogP contribution is 2.32. The molecule has 1 aliphatic heterocycles. The zero-order valence-corrected chi connectivity index (χ0v) is 11.8. The minimum Gasteiger partial charge on any atom is -0.399 e. The van der Waals surface area contributed by atoms with Gasteiger partial charge in [-0.3, -0.25) is 14.5 Å². The fourth-order valence-electron chi connectivity index (χ4n) is 2.69. The Kier molecular flexibility index (Phi) is 2.94. The number of nitrogens with two attached hydrogens (primary N) is 1. The first kappa shape index (κ1) is 13.6. The molecular weight excluding hydrogens is 272 g/mol. The van der Waals surface area contributed by atoms with Gasteiger partial charge in [-0.2, -0.15) is 0 Å². The van der Waals surface area contributed by atoms with Crippen LogP contribution in [-0.2, 0) is 9.59 Å². The highest BCUT2D eigenvalue weighted by atomic mass is 16.3. The molecule has 3 N–H and O–H groups in total. The predicted octanol–water partition coefficient (Wildman–Crippen LogP) is 0.602. The van der Waals surface area contributed by atoms with Crippen LogP contribution in [0.4, 0.5) is 5.69 Å². The van der Waals surface area contributed by atoms with Crippen molar-refractivity contribution in [2.75, 3.05) is 12.8 Å². The Labute approximate surface area is 121 Å². The maximum absolute atomic E-state index is 12.2. The second-order valence-corrected chi connectivity index (χ2v) is 5.28. The van der Waals surface area contributed by atoms with Gasteiger partial charge in [0, 0.05) is 12.7 Å². The molecule has 1 fully saturated rings. The van der Waals surface area contributed by atoms with E-state index in [4.69, 9.17) is 5.73 Å². The summed E-state index contributed by atoms with van der Waals surface area (Å²) in [7, 11) is 1.46. The smallest absolute Gasteiger partial charge is 0.252 e. The van der Waals surface area contributed by atoms with Gasteiger partial charge >= 0.3 is 0 Å². The molecule has 2 heterocycles. The van der Waals surface area contributed by atoms with Crippen LogP contribution in [-0.4, -0.2) is 38.4 Å². The molecular formula is C14H16N4O3. The van der Waals surface area contributed by atoms with Gasteiger partial charge in [0.2, 0.25) is 5.91 Å². The Morgan fingerprint density at radius 3 is 2.71 bits per heavy atom. The van der Waals surface area contributed by atoms with Gasteiger partial charge in [-0.1, -0.05) is 0 Å². The van der Waals surface area contributed by atoms with E-state index in [1.807, 2.05) is 0 Å². The van der Waals surface area contributed by atoms with Crippen molar-refractivity contribution in [1.29, 1.82) is 0 Å². The molecule has 21 heavy (non-hydrogen) atoms. The number of hydrogen-bond acceptors (Lipinski definition) is 5. The Balaban J connectivity index is 2.23. The molecule has 7 heteroatoms. The summed E-state index contributed by atoms with van der Waals surface area (Å²) in [6.45, 7) is 1.58. The van der Waals surface area contributed by atoms with Gasteiger partial charge in [-0.05, 0) is 25.1 Å². The number of benzene rings is 1. The van der Waals surface area contributed by atoms with E-state index in [2.05, 4.69) is 4.98 Å². The molecule has 1 saturated heterocycles. The molecule has 7 nitrogen and oxygen atoms in total. The number of aromatic nitrogens is 2. The Morgan fingerprint density at radius 2 is 2.14 bits per heavy atom. The first-order chi connectivity index (χ1) is 9.90. The summed E-state index contributed by atoms with van der Waals surface area (Å²) >= 11 is 0. The first-order valence-corrected chi connectivity index (χ1v) is 6.66. The molecule has 2 amide bonds. The number of rotatable bonds is 2. The summed E-state index contributed by atoms with van der Waals surface area (Å²) in [4.78, 5) is 29.5. The molecule has 3 rings (SSSR count). The van der Waals surface area contributed by atoms with Crippen molar-refractivity contribution in [3.63, 3.8) is 0 Å². The number of anilines is 1. The normalized spacial score (nSPS) is 20.5. The van der Waals surface area contributed by atoms with Gasteiger partial charge in [0.05, 0.1) is 17.5 Å². The second kappa shape index (κ2) is 4.56. The molecule has 1 aliphatic rings. The second-order valence-electron chi connectivity index (χ2n) is 5.28. The molecule has 2 unspecified atom stereocenters. The summed E-state index contributed by atoms with van der Waals surface area (Å²) in [5, 5.41) is 9.93. The Morgan fingerprint density at radius 1 is 1.43 bits per heavy atom. The maximum atomic E-state index is 12.2. The molecule has 0 radical (unpaired) electrons. The Bertz CT molecular complexity index is 750. The highest BCUT2D eigenvalue weighted by molar-refractivity contribution is 6.04. The largest absolute Gasteiger partial charge is 0.399 e. The number of aliphatic hydroxyl groups excluding tert-OH is 1. The van der Waals surface area contributed by atoms with Crippen LogP contribution in [0.3, 0.4) is 0 Å². The zero-order valence-electron chi connectivity index (χ0n) is 11.8. The monoisotopic (exact) mass is 288 g/mol. The van der Waals surface area contributed by atoms with Crippen molar-refractivity contribution < 1.29 is 14.7 Å². The predicted molar refractivity (Wildman–Crippen MR) is 76.2 cm³/mol. The number of aliphatic hydroxyl groups is 1. The van der Waals surface area contributed by atoms with E-state index in [9.17, 15) is 14.7 Å². The lowest BCUT2D eigenvalue weighted by molar-refractivity contribution is -0.137. The highest BCUT2D eigenvalue weighted by Gasteiger charge is 2.39. The van der Waals surface area contributed by atoms with Crippen molar-refractivity contribution in [3.8, 4) is 0 Å². The molecule has 2 aromatic rings. The van der Waals surface area contributed by atoms with Gasteiger partial charge < -0.3 is 15.4 Å². The number of likely N-dealkylation sites (tertiary alicyclic amines) is 1. The first-order valence-electron chi connectivity index (χ1n) is 6.66. The average Bonchev–Trinajstić information content (AvgIpc) is 2.91. The fourth-order valence-corrected chi connectivity index (χ4v) is 2.69. The van der Waals surface area contributed by atoms with Gasteiger partial charge in [0.1, 0.15) is 18.0 Å². The number of imidazole rings is 1. The zero-order chi connectivity index (χ0) is 15.3. The van der Waals surface area contributed by atoms with Gasteiger partial charge in [-0.25, -0.2) is 4.98 Å². The number of nitrogens with zero attached hydrogens (tertiary/aromatic N) is 3. The number of imide groups is 1. The standard InChI is InChI=1S/C14H16N4O3/c1-7(19)13-16-9-5-8(15)3-4-10(9)18(13)11-6-12(20)17(2)14(11)21/h3-5,7,11,19H,6,15H2,1-2H3. The number of amides is 2. The molecule has 1 aromatic heterocycles. The van der Waals surface area contributed by atoms with E-state index in [1.54, 1.807) is 29.7 Å². The van der Waals surface area contributed by atoms with Crippen molar-refractivity contribution in [3.05, 3.63) is 24.0 Å². The fraction of sp³-hybridized carbons (Fsp3) is 0.357. The van der Waals surface area contributed by atoms with Crippen LogP contribution in [0, 0.1) is 0 Å². The lowest BCUT2D eigenvalue weighted by Crippen LogP contribution is -2.27. The van der Waals surface area contributed by atoms with Crippen molar-refractivity contribution in [2.24, 2.45) is 0 Å². The minimum atomic E-state index is -0.854. The van der Waals surface area contributed by atoms with E-state index >= 15 is 0 Å². The number of nitrogen functional groups attached to an aromatic ring is 1. The number of carbonyl (C=O) groups is 2. The van der Waals surface area contributed by atoms with Crippen molar-refractivity contribution in [1.82, 2.24) is 14.5 Å². The molecule has 0 bridgehead atoms. The van der Waals surface area contributed by atoms with E-state index in [0.29, 0.717) is 22.5 Å². The van der Waals surface area contributed by atoms with Crippen LogP contribution in [0.15, 0.2) is 18.2 Å². The van der Waals surface area contributed by atoms with Crippen LogP contribution in [0.25, 0.3) is 11.0 Å². The number of fused-ring (bicyclic) bond motifs is 1. The van der Waals surface area contributed by atoms with E-state index in [-0.39, 0.29) is 18.2 Å². The summed E-state index contributed by atoms with van der Waals surface area (Å²) in [6.07, 6.45) is -0.780. The lowest BCUT2D eigenvalue weighted by atomic mass is 10.2. The van der Waals surface area contributed by atoms with Crippen LogP contribution >= 0.6 is 0 Å². The number of likely N-dealkylation sites (N-methyl/N-ethyl adjacent to an activating group) is 1. The SMILES string of the molecule is CC(O)c1nc2cc(N)ccc2n1C1CC(=O)N(C)C1=O. The lowest BCUT2D eigenvalue weighted by Gasteiger charge is -2.16. The van der Waals surface area contributed by atoms with Crippen LogP contribution in [0.5, 0.6) is 0 Å². The van der Waals surface area contributed by atoms with Crippen molar-refractivity contribution in [2.45, 2.75) is 25.5 Å². The molecule has 110 valence electrons. The quantitative estimate of drug-likeness (QED) is 0.622. The molecule has 2 atom stereocenters. The maximum Gasteiger partial charge on any atom is 0.252 e. The molecule has 0 spiro atoms. The van der Waals surface area contributed by atoms with Gasteiger partial charge in [0.15, 0.2) is 0 Å². The number of hydrogen-bond donors (Lipinski definition) is 2. The number of carbonyl (C=O) groups excluding carboxylic acids is 2. The van der Waals surface area contributed by atoms with Crippen LogP contribution < -0.4 is 5.73 Å². The van der Waals surface area contributed by atoms with Crippen LogP contribution in [0.2, 0.25) is 0 Å². The van der Waals surface area contributed by atoms with E-state index in [1.165, 1.54) is 7.05 Å². The van der Waals surface area contributed by atoms with Gasteiger partial charge in [-0.15, -0.1) is 0 Å². The van der Waals surface area contributed by atoms with Crippen molar-refractivity contribution >= 4 is 28.5 Å². The summed E-state index contributed by atoms with van der Waals surface area (Å²) in [5.74, 6) is -0.172. The van der Waals surface area contributed by atoms with E-state index in [0.717, 1.165) is 4.90 Å². The minimum absolute atomic E-state index is 0.0743. The third-order valence-electron chi connectivity index (χ3n) is 3.78. The summed E-state index contributed by atoms with van der Waals surface area (Å²) in [5.41, 5.74) is 7.57. The topological polar surface area (TPSA) is 101 Å². The molecule has 0 aliphatic carbocycles. The summed E-state index contributed by atoms with van der Waals surface area (Å²) in [6, 6.07) is 4.47. The summed E-state index contributed by atoms with van der Waals surface area (Å²) < 4.78 is 1.64. The third kappa shape index (κ3) is 1.97. The molecule has 1 aromatic carbocycles. The average molecular weight is 288 g/mol.